The normalized spacial score (nSPS) is 11.8. The van der Waals surface area contributed by atoms with Gasteiger partial charge in [0.15, 0.2) is 0 Å². The average Bonchev–Trinajstić information content (AvgIpc) is 1.97. The maximum atomic E-state index is 2.23. The van der Waals surface area contributed by atoms with Crippen LogP contribution in [0.1, 0.15) is 39.5 Å². The molecule has 0 saturated heterocycles. The fourth-order valence-corrected chi connectivity index (χ4v) is 0.798. The third kappa shape index (κ3) is 7.48. The lowest BCUT2D eigenvalue weighted by molar-refractivity contribution is 0.729. The van der Waals surface area contributed by atoms with Gasteiger partial charge in [0.05, 0.1) is 0 Å². The van der Waals surface area contributed by atoms with Crippen molar-refractivity contribution in [3.8, 4) is 0 Å². The Balaban J connectivity index is 3.02. The highest BCUT2D eigenvalue weighted by Gasteiger charge is 1.79. The molecule has 0 heterocycles. The fraction of sp³-hybridized carbons (Fsp3) is 0.600. The molecule has 0 bridgehead atoms. The van der Waals surface area contributed by atoms with Gasteiger partial charge < -0.3 is 0 Å². The number of rotatable bonds is 5. The first-order valence-corrected chi connectivity index (χ1v) is 4.19. The van der Waals surface area contributed by atoms with E-state index in [0.717, 1.165) is 0 Å². The lowest BCUT2D eigenvalue weighted by Gasteiger charge is -1.89. The van der Waals surface area contributed by atoms with Crippen molar-refractivity contribution < 1.29 is 0 Å². The molecule has 58 valence electrons. The summed E-state index contributed by atoms with van der Waals surface area (Å²) in [6, 6.07) is 0. The van der Waals surface area contributed by atoms with Gasteiger partial charge in [0, 0.05) is 0 Å². The topological polar surface area (TPSA) is 0 Å². The molecular weight excluding hydrogens is 120 g/mol. The van der Waals surface area contributed by atoms with Gasteiger partial charge in [-0.25, -0.2) is 0 Å². The Kier molecular flexibility index (Phi) is 8.04. The lowest BCUT2D eigenvalue weighted by Crippen LogP contribution is -1.69. The van der Waals surface area contributed by atoms with Crippen LogP contribution < -0.4 is 0 Å². The first kappa shape index (κ1) is 9.48. The molecule has 0 N–H and O–H groups in total. The average molecular weight is 138 g/mol. The molecule has 0 unspecified atom stereocenters. The van der Waals surface area contributed by atoms with Crippen molar-refractivity contribution >= 4 is 0 Å². The van der Waals surface area contributed by atoms with E-state index < -0.39 is 0 Å². The molecule has 0 aromatic heterocycles. The Morgan fingerprint density at radius 3 is 2.50 bits per heavy atom. The Morgan fingerprint density at radius 1 is 1.10 bits per heavy atom. The minimum absolute atomic E-state index is 1.23. The number of hydrogen-bond acceptors (Lipinski definition) is 0. The second-order valence-electron chi connectivity index (χ2n) is 2.45. The number of hydrogen-bond donors (Lipinski definition) is 0. The summed E-state index contributed by atoms with van der Waals surface area (Å²) in [5.74, 6) is 0. The van der Waals surface area contributed by atoms with E-state index in [1.807, 2.05) is 6.92 Å². The van der Waals surface area contributed by atoms with Crippen LogP contribution in [0.25, 0.3) is 0 Å². The zero-order chi connectivity index (χ0) is 7.66. The highest BCUT2D eigenvalue weighted by atomic mass is 13.9. The van der Waals surface area contributed by atoms with Crippen molar-refractivity contribution in [3.05, 3.63) is 24.3 Å². The third-order valence-electron chi connectivity index (χ3n) is 1.41. The summed E-state index contributed by atoms with van der Waals surface area (Å²) in [6.45, 7) is 4.27. The smallest absolute Gasteiger partial charge is 0.0348 e. The molecule has 10 heavy (non-hydrogen) atoms. The summed E-state index contributed by atoms with van der Waals surface area (Å²) in [5.41, 5.74) is 0. The lowest BCUT2D eigenvalue weighted by atomic mass is 10.2. The van der Waals surface area contributed by atoms with Crippen LogP contribution in [0.3, 0.4) is 0 Å². The quantitative estimate of drug-likeness (QED) is 0.401. The molecule has 0 amide bonds. The van der Waals surface area contributed by atoms with Crippen LogP contribution in [0.5, 0.6) is 0 Å². The van der Waals surface area contributed by atoms with Crippen LogP contribution in [0, 0.1) is 0 Å². The van der Waals surface area contributed by atoms with Crippen molar-refractivity contribution in [3.63, 3.8) is 0 Å². The van der Waals surface area contributed by atoms with Gasteiger partial charge in [-0.15, -0.1) is 0 Å². The predicted molar refractivity (Wildman–Crippen MR) is 48.1 cm³/mol. The minimum atomic E-state index is 1.23. The molecule has 0 spiro atoms. The maximum Gasteiger partial charge on any atom is -0.0348 e. The van der Waals surface area contributed by atoms with Gasteiger partial charge in [0.1, 0.15) is 0 Å². The van der Waals surface area contributed by atoms with Gasteiger partial charge in [-0.05, 0) is 19.8 Å². The molecule has 0 heteroatoms. The molecule has 0 nitrogen and oxygen atoms in total. The van der Waals surface area contributed by atoms with Crippen molar-refractivity contribution in [2.75, 3.05) is 0 Å². The standard InChI is InChI=1S/C10H18/c1-3-5-7-9-10-8-6-4-2/h3,5,7,9H,4,6,8,10H2,1-2H3/b5-3?,9-7+. The van der Waals surface area contributed by atoms with Crippen molar-refractivity contribution in [2.45, 2.75) is 39.5 Å². The highest BCUT2D eigenvalue weighted by molar-refractivity contribution is 5.00. The number of unbranched alkanes of at least 4 members (excludes halogenated alkanes) is 3. The maximum absolute atomic E-state index is 2.23. The summed E-state index contributed by atoms with van der Waals surface area (Å²) in [4.78, 5) is 0. The molecule has 0 fully saturated rings. The fourth-order valence-electron chi connectivity index (χ4n) is 0.798. The summed E-state index contributed by atoms with van der Waals surface area (Å²) in [7, 11) is 0. The molecule has 0 aromatic carbocycles. The van der Waals surface area contributed by atoms with Crippen LogP contribution in [0.2, 0.25) is 0 Å². The monoisotopic (exact) mass is 138 g/mol. The Bertz CT molecular complexity index is 98.6. The molecule has 0 rings (SSSR count). The van der Waals surface area contributed by atoms with Crippen LogP contribution in [-0.4, -0.2) is 0 Å². The van der Waals surface area contributed by atoms with Crippen LogP contribution >= 0.6 is 0 Å². The Hall–Kier alpha value is -0.520. The summed E-state index contributed by atoms with van der Waals surface area (Å²) in [6.07, 6.45) is 13.7. The molecule has 0 atom stereocenters. The van der Waals surface area contributed by atoms with Crippen molar-refractivity contribution in [2.24, 2.45) is 0 Å². The summed E-state index contributed by atoms with van der Waals surface area (Å²) in [5, 5.41) is 0. The largest absolute Gasteiger partial charge is 0.0877 e. The van der Waals surface area contributed by atoms with Gasteiger partial charge in [-0.2, -0.15) is 0 Å². The molecule has 0 aliphatic carbocycles. The highest BCUT2D eigenvalue weighted by Crippen LogP contribution is 1.99. The second-order valence-corrected chi connectivity index (χ2v) is 2.45. The second kappa shape index (κ2) is 8.48. The van der Waals surface area contributed by atoms with E-state index >= 15 is 0 Å². The van der Waals surface area contributed by atoms with Gasteiger partial charge in [-0.3, -0.25) is 0 Å². The molecule has 0 radical (unpaired) electrons. The van der Waals surface area contributed by atoms with Gasteiger partial charge in [0.2, 0.25) is 0 Å². The SMILES string of the molecule is CC=C/C=C/CCCCC. The molecular formula is C10H18. The van der Waals surface area contributed by atoms with Crippen molar-refractivity contribution in [1.82, 2.24) is 0 Å². The van der Waals surface area contributed by atoms with E-state index in [2.05, 4.69) is 31.2 Å². The van der Waals surface area contributed by atoms with Gasteiger partial charge in [-0.1, -0.05) is 44.1 Å². The predicted octanol–water partition coefficient (Wildman–Crippen LogP) is 3.70. The first-order chi connectivity index (χ1) is 4.91. The van der Waals surface area contributed by atoms with E-state index in [1.165, 1.54) is 25.7 Å². The van der Waals surface area contributed by atoms with Crippen LogP contribution in [0.4, 0.5) is 0 Å². The van der Waals surface area contributed by atoms with Crippen LogP contribution in [0.15, 0.2) is 24.3 Å². The zero-order valence-electron chi connectivity index (χ0n) is 7.14. The van der Waals surface area contributed by atoms with E-state index in [4.69, 9.17) is 0 Å². The Labute approximate surface area is 64.6 Å². The van der Waals surface area contributed by atoms with Gasteiger partial charge >= 0.3 is 0 Å². The molecule has 0 aliphatic rings. The Morgan fingerprint density at radius 2 is 1.90 bits per heavy atom. The van der Waals surface area contributed by atoms with Crippen molar-refractivity contribution in [1.29, 1.82) is 0 Å². The minimum Gasteiger partial charge on any atom is -0.0877 e. The summed E-state index contributed by atoms with van der Waals surface area (Å²) < 4.78 is 0. The number of allylic oxidation sites excluding steroid dienone is 4. The van der Waals surface area contributed by atoms with Crippen LogP contribution in [-0.2, 0) is 0 Å². The van der Waals surface area contributed by atoms with E-state index in [1.54, 1.807) is 0 Å². The van der Waals surface area contributed by atoms with E-state index in [-0.39, 0.29) is 0 Å². The molecule has 0 aromatic rings. The first-order valence-electron chi connectivity index (χ1n) is 4.19. The zero-order valence-corrected chi connectivity index (χ0v) is 7.14. The van der Waals surface area contributed by atoms with Gasteiger partial charge in [0.25, 0.3) is 0 Å². The third-order valence-corrected chi connectivity index (χ3v) is 1.41. The molecule has 0 saturated carbocycles. The molecule has 0 aliphatic heterocycles. The van der Waals surface area contributed by atoms with E-state index in [0.29, 0.717) is 0 Å². The summed E-state index contributed by atoms with van der Waals surface area (Å²) >= 11 is 0. The van der Waals surface area contributed by atoms with E-state index in [9.17, 15) is 0 Å².